The molecule has 2 aromatic rings. The molecule has 23 heavy (non-hydrogen) atoms. The van der Waals surface area contributed by atoms with Crippen LogP contribution in [0.5, 0.6) is 0 Å². The Balaban J connectivity index is 1.77. The number of hydrogen-bond donors (Lipinski definition) is 2. The average molecular weight is 312 g/mol. The first-order chi connectivity index (χ1) is 11.0. The van der Waals surface area contributed by atoms with Crippen LogP contribution < -0.4 is 11.1 Å². The van der Waals surface area contributed by atoms with Gasteiger partial charge in [0.1, 0.15) is 0 Å². The molecule has 2 atom stereocenters. The number of carbonyl (C=O) groups excluding carboxylic acids is 1. The molecule has 0 saturated carbocycles. The summed E-state index contributed by atoms with van der Waals surface area (Å²) < 4.78 is 0. The number of nitrogens with one attached hydrogen (secondary N) is 1. The summed E-state index contributed by atoms with van der Waals surface area (Å²) in [6.07, 6.45) is 0.701. The maximum Gasteiger partial charge on any atom is 0.237 e. The predicted molar refractivity (Wildman–Crippen MR) is 91.8 cm³/mol. The van der Waals surface area contributed by atoms with E-state index in [4.69, 9.17) is 10.7 Å². The zero-order valence-electron chi connectivity index (χ0n) is 13.7. The molecule has 3 N–H and O–H groups in total. The lowest BCUT2D eigenvalue weighted by molar-refractivity contribution is -0.126. The second-order valence-electron chi connectivity index (χ2n) is 6.60. The van der Waals surface area contributed by atoms with Crippen LogP contribution in [0.25, 0.3) is 10.9 Å². The quantitative estimate of drug-likeness (QED) is 0.901. The van der Waals surface area contributed by atoms with Crippen molar-refractivity contribution >= 4 is 16.8 Å². The van der Waals surface area contributed by atoms with Gasteiger partial charge in [-0.3, -0.25) is 14.7 Å². The number of para-hydroxylation sites is 1. The van der Waals surface area contributed by atoms with E-state index in [2.05, 4.69) is 22.3 Å². The highest BCUT2D eigenvalue weighted by Crippen LogP contribution is 2.20. The lowest BCUT2D eigenvalue weighted by Crippen LogP contribution is -2.45. The molecule has 122 valence electrons. The zero-order valence-corrected chi connectivity index (χ0v) is 13.7. The number of benzene rings is 1. The van der Waals surface area contributed by atoms with Crippen LogP contribution in [0.1, 0.15) is 26.0 Å². The topological polar surface area (TPSA) is 71.2 Å². The minimum absolute atomic E-state index is 0.0402. The van der Waals surface area contributed by atoms with Gasteiger partial charge in [-0.2, -0.15) is 0 Å². The zero-order chi connectivity index (χ0) is 16.4. The smallest absolute Gasteiger partial charge is 0.237 e. The Bertz CT molecular complexity index is 700. The van der Waals surface area contributed by atoms with Crippen LogP contribution in [0.3, 0.4) is 0 Å². The van der Waals surface area contributed by atoms with Gasteiger partial charge in [-0.15, -0.1) is 0 Å². The summed E-state index contributed by atoms with van der Waals surface area (Å²) in [5.74, 6) is 0.0636. The SMILES string of the molecule is CC(C)NC(=O)[C@@H]1C[C@@H](N)CN1Cc1ccc2ccccc2n1. The third-order valence-corrected chi connectivity index (χ3v) is 4.19. The Hall–Kier alpha value is -1.98. The molecule has 0 aliphatic carbocycles. The highest BCUT2D eigenvalue weighted by atomic mass is 16.2. The highest BCUT2D eigenvalue weighted by molar-refractivity contribution is 5.82. The second kappa shape index (κ2) is 6.64. The summed E-state index contributed by atoms with van der Waals surface area (Å²) in [4.78, 5) is 19.2. The molecular weight excluding hydrogens is 288 g/mol. The van der Waals surface area contributed by atoms with E-state index in [-0.39, 0.29) is 24.0 Å². The molecule has 3 rings (SSSR count). The number of rotatable bonds is 4. The molecule has 1 amide bonds. The monoisotopic (exact) mass is 312 g/mol. The maximum absolute atomic E-state index is 12.4. The van der Waals surface area contributed by atoms with Gasteiger partial charge in [-0.1, -0.05) is 24.3 Å². The first-order valence-electron chi connectivity index (χ1n) is 8.17. The summed E-state index contributed by atoms with van der Waals surface area (Å²) in [6, 6.07) is 12.2. The van der Waals surface area contributed by atoms with Gasteiger partial charge in [-0.25, -0.2) is 0 Å². The molecule has 1 aliphatic rings. The molecule has 1 aromatic heterocycles. The molecule has 2 heterocycles. The summed E-state index contributed by atoms with van der Waals surface area (Å²) in [6.45, 7) is 5.32. The molecule has 1 fully saturated rings. The number of likely N-dealkylation sites (tertiary alicyclic amines) is 1. The highest BCUT2D eigenvalue weighted by Gasteiger charge is 2.35. The van der Waals surface area contributed by atoms with E-state index in [0.717, 1.165) is 23.1 Å². The van der Waals surface area contributed by atoms with E-state index in [0.29, 0.717) is 13.0 Å². The molecule has 0 bridgehead atoms. The van der Waals surface area contributed by atoms with Crippen molar-refractivity contribution in [1.82, 2.24) is 15.2 Å². The molecule has 1 saturated heterocycles. The van der Waals surface area contributed by atoms with Gasteiger partial charge < -0.3 is 11.1 Å². The number of aromatic nitrogens is 1. The minimum Gasteiger partial charge on any atom is -0.353 e. The molecule has 0 radical (unpaired) electrons. The van der Waals surface area contributed by atoms with E-state index >= 15 is 0 Å². The number of fused-ring (bicyclic) bond motifs is 1. The van der Waals surface area contributed by atoms with Crippen LogP contribution in [0.2, 0.25) is 0 Å². The number of carbonyl (C=O) groups is 1. The predicted octanol–water partition coefficient (Wildman–Crippen LogP) is 1.66. The largest absolute Gasteiger partial charge is 0.353 e. The molecular formula is C18H24N4O. The van der Waals surface area contributed by atoms with E-state index in [1.165, 1.54) is 0 Å². The van der Waals surface area contributed by atoms with Gasteiger partial charge in [0.2, 0.25) is 5.91 Å². The van der Waals surface area contributed by atoms with Crippen molar-refractivity contribution in [3.05, 3.63) is 42.1 Å². The molecule has 0 unspecified atom stereocenters. The molecule has 1 aliphatic heterocycles. The standard InChI is InChI=1S/C18H24N4O/c1-12(2)20-18(23)17-9-14(19)10-22(17)11-15-8-7-13-5-3-4-6-16(13)21-15/h3-8,12,14,17H,9-11,19H2,1-2H3,(H,20,23)/t14-,17+/m1/s1. The van der Waals surface area contributed by atoms with Crippen molar-refractivity contribution in [1.29, 1.82) is 0 Å². The van der Waals surface area contributed by atoms with E-state index in [1.54, 1.807) is 0 Å². The number of amides is 1. The van der Waals surface area contributed by atoms with E-state index < -0.39 is 0 Å². The molecule has 1 aromatic carbocycles. The number of nitrogens with zero attached hydrogens (tertiary/aromatic N) is 2. The van der Waals surface area contributed by atoms with Gasteiger partial charge in [0, 0.05) is 30.6 Å². The van der Waals surface area contributed by atoms with Crippen molar-refractivity contribution in [3.8, 4) is 0 Å². The van der Waals surface area contributed by atoms with E-state index in [1.807, 2.05) is 38.1 Å². The minimum atomic E-state index is -0.166. The Morgan fingerprint density at radius 2 is 2.13 bits per heavy atom. The maximum atomic E-state index is 12.4. The first-order valence-corrected chi connectivity index (χ1v) is 8.17. The van der Waals surface area contributed by atoms with Gasteiger partial charge in [0.05, 0.1) is 17.3 Å². The van der Waals surface area contributed by atoms with Gasteiger partial charge in [0.25, 0.3) is 0 Å². The molecule has 0 spiro atoms. The summed E-state index contributed by atoms with van der Waals surface area (Å²) in [5.41, 5.74) is 8.04. The first kappa shape index (κ1) is 15.9. The van der Waals surface area contributed by atoms with Crippen LogP contribution in [0, 0.1) is 0 Å². The fourth-order valence-corrected chi connectivity index (χ4v) is 3.17. The lowest BCUT2D eigenvalue weighted by atomic mass is 10.1. The average Bonchev–Trinajstić information content (AvgIpc) is 2.87. The Morgan fingerprint density at radius 3 is 2.91 bits per heavy atom. The second-order valence-corrected chi connectivity index (χ2v) is 6.60. The van der Waals surface area contributed by atoms with Crippen molar-refractivity contribution < 1.29 is 4.79 Å². The number of pyridine rings is 1. The fraction of sp³-hybridized carbons (Fsp3) is 0.444. The van der Waals surface area contributed by atoms with Crippen LogP contribution >= 0.6 is 0 Å². The van der Waals surface area contributed by atoms with Crippen LogP contribution in [0.15, 0.2) is 36.4 Å². The lowest BCUT2D eigenvalue weighted by Gasteiger charge is -2.24. The van der Waals surface area contributed by atoms with Crippen molar-refractivity contribution in [2.24, 2.45) is 5.73 Å². The molecule has 5 heteroatoms. The number of nitrogens with two attached hydrogens (primary N) is 1. The number of hydrogen-bond acceptors (Lipinski definition) is 4. The van der Waals surface area contributed by atoms with Crippen molar-refractivity contribution in [3.63, 3.8) is 0 Å². The molecule has 5 nitrogen and oxygen atoms in total. The summed E-state index contributed by atoms with van der Waals surface area (Å²) in [5, 5.41) is 4.12. The summed E-state index contributed by atoms with van der Waals surface area (Å²) in [7, 11) is 0. The summed E-state index contributed by atoms with van der Waals surface area (Å²) >= 11 is 0. The van der Waals surface area contributed by atoms with Gasteiger partial charge in [-0.05, 0) is 32.4 Å². The third-order valence-electron chi connectivity index (χ3n) is 4.19. The van der Waals surface area contributed by atoms with Gasteiger partial charge >= 0.3 is 0 Å². The Morgan fingerprint density at radius 1 is 1.35 bits per heavy atom. The van der Waals surface area contributed by atoms with Crippen LogP contribution in [-0.2, 0) is 11.3 Å². The van der Waals surface area contributed by atoms with E-state index in [9.17, 15) is 4.79 Å². The Kier molecular flexibility index (Phi) is 4.59. The fourth-order valence-electron chi connectivity index (χ4n) is 3.17. The Labute approximate surface area is 136 Å². The van der Waals surface area contributed by atoms with Crippen molar-refractivity contribution in [2.45, 2.75) is 44.9 Å². The van der Waals surface area contributed by atoms with Crippen LogP contribution in [-0.4, -0.2) is 40.5 Å². The van der Waals surface area contributed by atoms with Gasteiger partial charge in [0.15, 0.2) is 0 Å². The van der Waals surface area contributed by atoms with Crippen LogP contribution in [0.4, 0.5) is 0 Å². The van der Waals surface area contributed by atoms with Crippen molar-refractivity contribution in [2.75, 3.05) is 6.54 Å². The normalized spacial score (nSPS) is 21.9. The third kappa shape index (κ3) is 3.68.